The van der Waals surface area contributed by atoms with Gasteiger partial charge in [-0.1, -0.05) is 0 Å². The van der Waals surface area contributed by atoms with Gasteiger partial charge in [0.25, 0.3) is 5.91 Å². The molecule has 1 amide bonds. The second-order valence-electron chi connectivity index (χ2n) is 2.86. The third-order valence-corrected chi connectivity index (χ3v) is 1.85. The Morgan fingerprint density at radius 3 is 2.38 bits per heavy atom. The summed E-state index contributed by atoms with van der Waals surface area (Å²) in [6.07, 6.45) is -3.05. The van der Waals surface area contributed by atoms with E-state index in [-0.39, 0.29) is 5.69 Å². The minimum Gasteiger partial charge on any atom is -0.493 e. The Labute approximate surface area is 91.2 Å². The molecule has 0 atom stereocenters. The smallest absolute Gasteiger partial charge is 0.315 e. The highest BCUT2D eigenvalue weighted by molar-refractivity contribution is 5.93. The van der Waals surface area contributed by atoms with Gasteiger partial charge in [-0.2, -0.15) is 8.78 Å². The maximum Gasteiger partial charge on any atom is 0.315 e. The Kier molecular flexibility index (Phi) is 4.04. The standard InChI is InChI=1S/C10H11F2NO3/c1-15-7-4-3-6(5-8(7)16-2)13-10(14)9(11)12/h3-5,9H,1-2H3,(H,13,14). The van der Waals surface area contributed by atoms with Gasteiger partial charge in [-0.05, 0) is 12.1 Å². The molecule has 1 aromatic carbocycles. The van der Waals surface area contributed by atoms with Crippen molar-refractivity contribution >= 4 is 11.6 Å². The fourth-order valence-electron chi connectivity index (χ4n) is 1.11. The fourth-order valence-corrected chi connectivity index (χ4v) is 1.11. The largest absolute Gasteiger partial charge is 0.493 e. The molecule has 0 aliphatic heterocycles. The number of nitrogens with one attached hydrogen (secondary N) is 1. The Morgan fingerprint density at radius 2 is 1.88 bits per heavy atom. The third-order valence-electron chi connectivity index (χ3n) is 1.85. The Bertz CT molecular complexity index is 382. The molecule has 6 heteroatoms. The summed E-state index contributed by atoms with van der Waals surface area (Å²) in [5, 5.41) is 2.04. The number of carbonyl (C=O) groups excluding carboxylic acids is 1. The van der Waals surface area contributed by atoms with Gasteiger partial charge in [-0.15, -0.1) is 0 Å². The molecule has 0 saturated heterocycles. The fraction of sp³-hybridized carbons (Fsp3) is 0.300. The predicted octanol–water partition coefficient (Wildman–Crippen LogP) is 1.91. The van der Waals surface area contributed by atoms with Crippen molar-refractivity contribution in [2.75, 3.05) is 19.5 Å². The number of methoxy groups -OCH3 is 2. The summed E-state index contributed by atoms with van der Waals surface area (Å²) in [6.45, 7) is 0. The van der Waals surface area contributed by atoms with Crippen molar-refractivity contribution < 1.29 is 23.0 Å². The van der Waals surface area contributed by atoms with Gasteiger partial charge >= 0.3 is 6.43 Å². The highest BCUT2D eigenvalue weighted by Crippen LogP contribution is 2.29. The number of rotatable bonds is 4. The van der Waals surface area contributed by atoms with Gasteiger partial charge in [-0.25, -0.2) is 0 Å². The van der Waals surface area contributed by atoms with Crippen LogP contribution in [-0.2, 0) is 4.79 Å². The quantitative estimate of drug-likeness (QED) is 0.861. The second-order valence-corrected chi connectivity index (χ2v) is 2.86. The number of anilines is 1. The van der Waals surface area contributed by atoms with Gasteiger partial charge < -0.3 is 14.8 Å². The number of hydrogen-bond acceptors (Lipinski definition) is 3. The molecule has 0 saturated carbocycles. The molecule has 0 aliphatic rings. The Morgan fingerprint density at radius 1 is 1.25 bits per heavy atom. The van der Waals surface area contributed by atoms with Crippen LogP contribution in [0.2, 0.25) is 0 Å². The summed E-state index contributed by atoms with van der Waals surface area (Å²) < 4.78 is 33.9. The van der Waals surface area contributed by atoms with E-state index in [4.69, 9.17) is 9.47 Å². The van der Waals surface area contributed by atoms with E-state index in [0.717, 1.165) is 0 Å². The van der Waals surface area contributed by atoms with Gasteiger partial charge in [0.05, 0.1) is 14.2 Å². The van der Waals surface area contributed by atoms with Crippen LogP contribution >= 0.6 is 0 Å². The first-order valence-corrected chi connectivity index (χ1v) is 4.39. The molecule has 0 bridgehead atoms. The van der Waals surface area contributed by atoms with Crippen LogP contribution in [0.15, 0.2) is 18.2 Å². The molecule has 1 aromatic rings. The molecule has 1 rings (SSSR count). The summed E-state index contributed by atoms with van der Waals surface area (Å²) in [7, 11) is 2.87. The second kappa shape index (κ2) is 5.29. The first-order valence-electron chi connectivity index (χ1n) is 4.39. The van der Waals surface area contributed by atoms with E-state index < -0.39 is 12.3 Å². The lowest BCUT2D eigenvalue weighted by Crippen LogP contribution is -2.20. The molecule has 0 unspecified atom stereocenters. The van der Waals surface area contributed by atoms with Crippen LogP contribution in [0.4, 0.5) is 14.5 Å². The SMILES string of the molecule is COc1ccc(NC(=O)C(F)F)cc1OC. The van der Waals surface area contributed by atoms with E-state index >= 15 is 0 Å². The Balaban J connectivity index is 2.87. The number of alkyl halides is 2. The summed E-state index contributed by atoms with van der Waals surface area (Å²) in [6, 6.07) is 4.36. The van der Waals surface area contributed by atoms with Crippen molar-refractivity contribution in [2.24, 2.45) is 0 Å². The van der Waals surface area contributed by atoms with E-state index in [1.54, 1.807) is 0 Å². The highest BCUT2D eigenvalue weighted by atomic mass is 19.3. The molecular formula is C10H11F2NO3. The lowest BCUT2D eigenvalue weighted by Gasteiger charge is -2.10. The zero-order valence-corrected chi connectivity index (χ0v) is 8.79. The predicted molar refractivity (Wildman–Crippen MR) is 54.2 cm³/mol. The number of ether oxygens (including phenoxy) is 2. The first kappa shape index (κ1) is 12.2. The molecule has 0 fully saturated rings. The highest BCUT2D eigenvalue weighted by Gasteiger charge is 2.15. The van der Waals surface area contributed by atoms with Crippen molar-refractivity contribution in [1.82, 2.24) is 0 Å². The van der Waals surface area contributed by atoms with Crippen molar-refractivity contribution in [3.63, 3.8) is 0 Å². The van der Waals surface area contributed by atoms with Crippen LogP contribution < -0.4 is 14.8 Å². The molecule has 1 N–H and O–H groups in total. The molecule has 88 valence electrons. The monoisotopic (exact) mass is 231 g/mol. The van der Waals surface area contributed by atoms with E-state index in [1.807, 2.05) is 5.32 Å². The summed E-state index contributed by atoms with van der Waals surface area (Å²) in [4.78, 5) is 10.7. The summed E-state index contributed by atoms with van der Waals surface area (Å²) >= 11 is 0. The number of halogens is 2. The molecule has 4 nitrogen and oxygen atoms in total. The molecule has 0 radical (unpaired) electrons. The maximum absolute atomic E-state index is 12.0. The molecule has 0 aromatic heterocycles. The van der Waals surface area contributed by atoms with Crippen molar-refractivity contribution in [3.05, 3.63) is 18.2 Å². The maximum atomic E-state index is 12.0. The van der Waals surface area contributed by atoms with Crippen LogP contribution in [0, 0.1) is 0 Å². The summed E-state index contributed by atoms with van der Waals surface area (Å²) in [5.41, 5.74) is 0.225. The van der Waals surface area contributed by atoms with E-state index in [2.05, 4.69) is 0 Å². The molecule has 0 spiro atoms. The van der Waals surface area contributed by atoms with E-state index in [1.165, 1.54) is 32.4 Å². The van der Waals surface area contributed by atoms with Gasteiger partial charge in [0.15, 0.2) is 11.5 Å². The van der Waals surface area contributed by atoms with Crippen LogP contribution in [0.5, 0.6) is 11.5 Å². The number of amides is 1. The van der Waals surface area contributed by atoms with E-state index in [9.17, 15) is 13.6 Å². The first-order chi connectivity index (χ1) is 7.58. The number of carbonyl (C=O) groups is 1. The number of hydrogen-bond donors (Lipinski definition) is 1. The molecular weight excluding hydrogens is 220 g/mol. The Hall–Kier alpha value is -1.85. The average molecular weight is 231 g/mol. The third kappa shape index (κ3) is 2.82. The van der Waals surface area contributed by atoms with E-state index in [0.29, 0.717) is 11.5 Å². The topological polar surface area (TPSA) is 47.6 Å². The average Bonchev–Trinajstić information content (AvgIpc) is 2.28. The minimum absolute atomic E-state index is 0.225. The van der Waals surface area contributed by atoms with Gasteiger partial charge in [-0.3, -0.25) is 4.79 Å². The van der Waals surface area contributed by atoms with Gasteiger partial charge in [0.1, 0.15) is 0 Å². The van der Waals surface area contributed by atoms with Gasteiger partial charge in [0, 0.05) is 11.8 Å². The van der Waals surface area contributed by atoms with Crippen LogP contribution in [0.1, 0.15) is 0 Å². The van der Waals surface area contributed by atoms with Crippen LogP contribution in [0.25, 0.3) is 0 Å². The zero-order valence-electron chi connectivity index (χ0n) is 8.79. The van der Waals surface area contributed by atoms with Crippen LogP contribution in [-0.4, -0.2) is 26.6 Å². The van der Waals surface area contributed by atoms with Crippen molar-refractivity contribution in [1.29, 1.82) is 0 Å². The molecule has 0 aliphatic carbocycles. The summed E-state index contributed by atoms with van der Waals surface area (Å²) in [5.74, 6) is -0.542. The van der Waals surface area contributed by atoms with Gasteiger partial charge in [0.2, 0.25) is 0 Å². The normalized spacial score (nSPS) is 10.1. The zero-order chi connectivity index (χ0) is 12.1. The lowest BCUT2D eigenvalue weighted by atomic mass is 10.2. The molecule has 16 heavy (non-hydrogen) atoms. The molecule has 0 heterocycles. The van der Waals surface area contributed by atoms with Crippen molar-refractivity contribution in [2.45, 2.75) is 6.43 Å². The lowest BCUT2D eigenvalue weighted by molar-refractivity contribution is -0.126. The van der Waals surface area contributed by atoms with Crippen molar-refractivity contribution in [3.8, 4) is 11.5 Å². The minimum atomic E-state index is -3.05. The number of benzene rings is 1. The van der Waals surface area contributed by atoms with Crippen LogP contribution in [0.3, 0.4) is 0 Å².